The van der Waals surface area contributed by atoms with E-state index < -0.39 is 11.7 Å². The van der Waals surface area contributed by atoms with Crippen molar-refractivity contribution in [2.24, 2.45) is 5.11 Å². The highest BCUT2D eigenvalue weighted by molar-refractivity contribution is 5.77. The molecule has 0 radical (unpaired) electrons. The van der Waals surface area contributed by atoms with Crippen molar-refractivity contribution in [2.45, 2.75) is 12.5 Å². The zero-order valence-corrected chi connectivity index (χ0v) is 10.6. The normalized spacial score (nSPS) is 11.8. The fourth-order valence-electron chi connectivity index (χ4n) is 1.67. The van der Waals surface area contributed by atoms with Crippen molar-refractivity contribution in [1.82, 2.24) is 0 Å². The van der Waals surface area contributed by atoms with E-state index in [1.165, 1.54) is 6.07 Å². The molecule has 0 aliphatic heterocycles. The summed E-state index contributed by atoms with van der Waals surface area (Å²) in [6.07, 6.45) is -0.389. The summed E-state index contributed by atoms with van der Waals surface area (Å²) in [5.41, 5.74) is 8.15. The van der Waals surface area contributed by atoms with Crippen LogP contribution in [0, 0.1) is 0 Å². The monoisotopic (exact) mass is 275 g/mol. The van der Waals surface area contributed by atoms with Crippen LogP contribution in [0.5, 0.6) is 5.75 Å². The molecule has 0 unspecified atom stereocenters. The Kier molecular flexibility index (Phi) is 4.60. The Labute approximate surface area is 114 Å². The maximum Gasteiger partial charge on any atom is 0.336 e. The number of hydrogen-bond acceptors (Lipinski definition) is 5. The number of ether oxygens (including phenoxy) is 1. The number of azide groups is 1. The van der Waals surface area contributed by atoms with Gasteiger partial charge in [0.2, 0.25) is 0 Å². The van der Waals surface area contributed by atoms with Crippen molar-refractivity contribution >= 4 is 11.0 Å². The van der Waals surface area contributed by atoms with Crippen LogP contribution in [0.1, 0.15) is 6.42 Å². The molecular weight excluding hydrogens is 262 g/mol. The maximum absolute atomic E-state index is 11.1. The molecule has 1 aromatic heterocycles. The third-order valence-electron chi connectivity index (χ3n) is 2.67. The quantitative estimate of drug-likeness (QED) is 0.377. The Hall–Kier alpha value is -2.50. The minimum Gasteiger partial charge on any atom is -0.493 e. The molecule has 0 aliphatic rings. The van der Waals surface area contributed by atoms with E-state index in [4.69, 9.17) is 14.7 Å². The van der Waals surface area contributed by atoms with Crippen LogP contribution in [0.15, 0.2) is 44.7 Å². The average molecular weight is 275 g/mol. The van der Waals surface area contributed by atoms with Crippen molar-refractivity contribution in [2.75, 3.05) is 13.2 Å². The number of nitrogens with zero attached hydrogens (tertiary/aromatic N) is 3. The van der Waals surface area contributed by atoms with Gasteiger partial charge in [0.15, 0.2) is 0 Å². The van der Waals surface area contributed by atoms with Gasteiger partial charge in [-0.25, -0.2) is 4.79 Å². The van der Waals surface area contributed by atoms with Crippen LogP contribution in [0.4, 0.5) is 0 Å². The number of rotatable bonds is 6. The van der Waals surface area contributed by atoms with Gasteiger partial charge in [-0.3, -0.25) is 0 Å². The van der Waals surface area contributed by atoms with E-state index in [1.54, 1.807) is 24.3 Å². The number of fused-ring (bicyclic) bond motifs is 1. The lowest BCUT2D eigenvalue weighted by Crippen LogP contribution is -2.14. The van der Waals surface area contributed by atoms with Crippen LogP contribution >= 0.6 is 0 Å². The molecular formula is C13H13N3O4. The Bertz CT molecular complexity index is 691. The number of hydrogen-bond donors (Lipinski definition) is 1. The molecule has 0 saturated carbocycles. The van der Waals surface area contributed by atoms with E-state index in [0.717, 1.165) is 5.39 Å². The minimum absolute atomic E-state index is 0.0203. The minimum atomic E-state index is -0.732. The van der Waals surface area contributed by atoms with Gasteiger partial charge in [-0.1, -0.05) is 5.11 Å². The van der Waals surface area contributed by atoms with Gasteiger partial charge in [-0.15, -0.1) is 0 Å². The molecule has 7 heteroatoms. The standard InChI is InChI=1S/C13H13N3O4/c14-16-15-8-10(17)5-6-19-11-3-1-9-2-4-13(18)20-12(9)7-11/h1-4,7,10,17H,5-6,8H2/t10-/m0/s1. The number of benzene rings is 1. The first-order valence-electron chi connectivity index (χ1n) is 6.04. The summed E-state index contributed by atoms with van der Waals surface area (Å²) >= 11 is 0. The molecule has 2 aromatic rings. The molecule has 7 nitrogen and oxygen atoms in total. The summed E-state index contributed by atoms with van der Waals surface area (Å²) in [7, 11) is 0. The molecule has 0 spiro atoms. The number of aliphatic hydroxyl groups is 1. The largest absolute Gasteiger partial charge is 0.493 e. The van der Waals surface area contributed by atoms with Crippen molar-refractivity contribution in [3.8, 4) is 5.75 Å². The predicted octanol–water partition coefficient (Wildman–Crippen LogP) is 2.23. The SMILES string of the molecule is [N-]=[N+]=NC[C@@H](O)CCOc1ccc2ccc(=O)oc2c1. The van der Waals surface area contributed by atoms with Gasteiger partial charge < -0.3 is 14.3 Å². The molecule has 0 aliphatic carbocycles. The lowest BCUT2D eigenvalue weighted by molar-refractivity contribution is 0.146. The first-order valence-corrected chi connectivity index (χ1v) is 6.04. The van der Waals surface area contributed by atoms with Crippen LogP contribution in [0.3, 0.4) is 0 Å². The zero-order valence-electron chi connectivity index (χ0n) is 10.6. The average Bonchev–Trinajstić information content (AvgIpc) is 2.44. The maximum atomic E-state index is 11.1. The fourth-order valence-corrected chi connectivity index (χ4v) is 1.67. The van der Waals surface area contributed by atoms with Crippen LogP contribution in [-0.4, -0.2) is 24.4 Å². The molecule has 104 valence electrons. The molecule has 2 rings (SSSR count). The topological polar surface area (TPSA) is 108 Å². The van der Waals surface area contributed by atoms with Gasteiger partial charge in [0.25, 0.3) is 0 Å². The molecule has 1 heterocycles. The van der Waals surface area contributed by atoms with E-state index in [1.807, 2.05) is 0 Å². The summed E-state index contributed by atoms with van der Waals surface area (Å²) < 4.78 is 10.5. The summed E-state index contributed by atoms with van der Waals surface area (Å²) in [6.45, 7) is 0.289. The second-order valence-electron chi connectivity index (χ2n) is 4.16. The molecule has 0 amide bonds. The summed E-state index contributed by atoms with van der Waals surface area (Å²) in [6, 6.07) is 8.19. The van der Waals surface area contributed by atoms with Crippen molar-refractivity contribution in [3.63, 3.8) is 0 Å². The fraction of sp³-hybridized carbons (Fsp3) is 0.308. The summed E-state index contributed by atoms with van der Waals surface area (Å²) in [5.74, 6) is 0.544. The third kappa shape index (κ3) is 3.74. The van der Waals surface area contributed by atoms with Gasteiger partial charge in [0, 0.05) is 28.9 Å². The Morgan fingerprint density at radius 2 is 2.20 bits per heavy atom. The van der Waals surface area contributed by atoms with Crippen molar-refractivity contribution in [1.29, 1.82) is 0 Å². The highest BCUT2D eigenvalue weighted by Gasteiger charge is 2.04. The van der Waals surface area contributed by atoms with Crippen LogP contribution < -0.4 is 10.4 Å². The second-order valence-corrected chi connectivity index (χ2v) is 4.16. The molecule has 1 aromatic carbocycles. The highest BCUT2D eigenvalue weighted by Crippen LogP contribution is 2.19. The summed E-state index contributed by atoms with van der Waals surface area (Å²) in [4.78, 5) is 13.7. The lowest BCUT2D eigenvalue weighted by atomic mass is 10.2. The molecule has 1 atom stereocenters. The Morgan fingerprint density at radius 3 is 3.00 bits per heavy atom. The highest BCUT2D eigenvalue weighted by atomic mass is 16.5. The molecule has 1 N–H and O–H groups in total. The zero-order chi connectivity index (χ0) is 14.4. The molecule has 0 fully saturated rings. The predicted molar refractivity (Wildman–Crippen MR) is 72.6 cm³/mol. The van der Waals surface area contributed by atoms with Gasteiger partial charge in [0.05, 0.1) is 19.3 Å². The van der Waals surface area contributed by atoms with Crippen LogP contribution in [0.2, 0.25) is 0 Å². The van der Waals surface area contributed by atoms with E-state index >= 15 is 0 Å². The van der Waals surface area contributed by atoms with E-state index in [9.17, 15) is 9.90 Å². The van der Waals surface area contributed by atoms with Crippen molar-refractivity contribution in [3.05, 3.63) is 51.2 Å². The van der Waals surface area contributed by atoms with E-state index in [-0.39, 0.29) is 13.2 Å². The van der Waals surface area contributed by atoms with Gasteiger partial charge in [0.1, 0.15) is 11.3 Å². The van der Waals surface area contributed by atoms with Crippen molar-refractivity contribution < 1.29 is 14.3 Å². The lowest BCUT2D eigenvalue weighted by Gasteiger charge is -2.09. The first kappa shape index (κ1) is 13.9. The second kappa shape index (κ2) is 6.60. The smallest absolute Gasteiger partial charge is 0.336 e. The Morgan fingerprint density at radius 1 is 1.40 bits per heavy atom. The molecule has 20 heavy (non-hydrogen) atoms. The van der Waals surface area contributed by atoms with Gasteiger partial charge in [-0.05, 0) is 23.7 Å². The number of aliphatic hydroxyl groups excluding tert-OH is 1. The molecule has 0 bridgehead atoms. The van der Waals surface area contributed by atoms with Crippen LogP contribution in [-0.2, 0) is 0 Å². The summed E-state index contributed by atoms with van der Waals surface area (Å²) in [5, 5.41) is 13.5. The van der Waals surface area contributed by atoms with E-state index in [2.05, 4.69) is 10.0 Å². The van der Waals surface area contributed by atoms with Gasteiger partial charge >= 0.3 is 5.63 Å². The van der Waals surface area contributed by atoms with Gasteiger partial charge in [-0.2, -0.15) is 0 Å². The first-order chi connectivity index (χ1) is 9.69. The van der Waals surface area contributed by atoms with E-state index in [0.29, 0.717) is 17.8 Å². The molecule has 0 saturated heterocycles. The van der Waals surface area contributed by atoms with Crippen LogP contribution in [0.25, 0.3) is 21.4 Å². The third-order valence-corrected chi connectivity index (χ3v) is 2.67. The Balaban J connectivity index is 1.96.